The average Bonchev–Trinajstić information content (AvgIpc) is 2.46. The molecule has 0 aliphatic carbocycles. The SMILES string of the molecule is CNCCCN(C)Cc1nc(C)c(C)o1. The Hall–Kier alpha value is -0.870. The van der Waals surface area contributed by atoms with Crippen LogP contribution in [0.3, 0.4) is 0 Å². The zero-order valence-corrected chi connectivity index (χ0v) is 10.1. The maximum absolute atomic E-state index is 5.52. The van der Waals surface area contributed by atoms with Crippen LogP contribution >= 0.6 is 0 Å². The van der Waals surface area contributed by atoms with Gasteiger partial charge in [0.2, 0.25) is 5.89 Å². The standard InChI is InChI=1S/C11H21N3O/c1-9-10(2)15-11(13-9)8-14(4)7-5-6-12-3/h12H,5-8H2,1-4H3. The molecule has 0 unspecified atom stereocenters. The van der Waals surface area contributed by atoms with Crippen LogP contribution in [0.1, 0.15) is 23.8 Å². The fourth-order valence-corrected chi connectivity index (χ4v) is 1.44. The second kappa shape index (κ2) is 5.88. The lowest BCUT2D eigenvalue weighted by molar-refractivity contribution is 0.282. The molecule has 1 N–H and O–H groups in total. The Bertz CT molecular complexity index is 277. The van der Waals surface area contributed by atoms with Crippen molar-refractivity contribution >= 4 is 0 Å². The topological polar surface area (TPSA) is 41.3 Å². The molecule has 0 aromatic carbocycles. The summed E-state index contributed by atoms with van der Waals surface area (Å²) in [6.45, 7) is 6.82. The Morgan fingerprint density at radius 2 is 2.13 bits per heavy atom. The van der Waals surface area contributed by atoms with Gasteiger partial charge in [-0.25, -0.2) is 4.98 Å². The van der Waals surface area contributed by atoms with E-state index in [0.717, 1.165) is 43.4 Å². The quantitative estimate of drug-likeness (QED) is 0.721. The van der Waals surface area contributed by atoms with E-state index in [1.807, 2.05) is 20.9 Å². The van der Waals surface area contributed by atoms with Crippen molar-refractivity contribution in [1.82, 2.24) is 15.2 Å². The van der Waals surface area contributed by atoms with Crippen molar-refractivity contribution < 1.29 is 4.42 Å². The Balaban J connectivity index is 2.34. The van der Waals surface area contributed by atoms with Crippen LogP contribution in [-0.2, 0) is 6.54 Å². The predicted octanol–water partition coefficient (Wildman–Crippen LogP) is 1.33. The summed E-state index contributed by atoms with van der Waals surface area (Å²) in [4.78, 5) is 6.58. The van der Waals surface area contributed by atoms with E-state index in [4.69, 9.17) is 4.42 Å². The molecular formula is C11H21N3O. The number of nitrogens with one attached hydrogen (secondary N) is 1. The van der Waals surface area contributed by atoms with Gasteiger partial charge in [0.15, 0.2) is 0 Å². The fraction of sp³-hybridized carbons (Fsp3) is 0.727. The third kappa shape index (κ3) is 4.01. The van der Waals surface area contributed by atoms with E-state index in [0.29, 0.717) is 0 Å². The summed E-state index contributed by atoms with van der Waals surface area (Å²) in [5, 5.41) is 3.13. The van der Waals surface area contributed by atoms with Gasteiger partial charge in [0.25, 0.3) is 0 Å². The maximum atomic E-state index is 5.52. The number of aromatic nitrogens is 1. The molecule has 0 saturated heterocycles. The van der Waals surface area contributed by atoms with Crippen molar-refractivity contribution in [2.75, 3.05) is 27.2 Å². The molecular weight excluding hydrogens is 190 g/mol. The van der Waals surface area contributed by atoms with Crippen molar-refractivity contribution in [1.29, 1.82) is 0 Å². The van der Waals surface area contributed by atoms with Gasteiger partial charge in [-0.2, -0.15) is 0 Å². The highest BCUT2D eigenvalue weighted by Crippen LogP contribution is 2.09. The molecule has 4 heteroatoms. The van der Waals surface area contributed by atoms with Crippen molar-refractivity contribution in [3.05, 3.63) is 17.3 Å². The van der Waals surface area contributed by atoms with E-state index < -0.39 is 0 Å². The first kappa shape index (κ1) is 12.2. The number of nitrogens with zero attached hydrogens (tertiary/aromatic N) is 2. The molecule has 4 nitrogen and oxygen atoms in total. The van der Waals surface area contributed by atoms with Gasteiger partial charge >= 0.3 is 0 Å². The van der Waals surface area contributed by atoms with Gasteiger partial charge in [-0.3, -0.25) is 4.90 Å². The Kier molecular flexibility index (Phi) is 4.78. The molecule has 0 fully saturated rings. The fourth-order valence-electron chi connectivity index (χ4n) is 1.44. The van der Waals surface area contributed by atoms with Gasteiger partial charge in [-0.1, -0.05) is 0 Å². The molecule has 1 aromatic heterocycles. The molecule has 0 spiro atoms. The molecule has 1 rings (SSSR count). The van der Waals surface area contributed by atoms with E-state index in [1.54, 1.807) is 0 Å². The third-order valence-corrected chi connectivity index (χ3v) is 2.44. The summed E-state index contributed by atoms with van der Waals surface area (Å²) >= 11 is 0. The molecule has 15 heavy (non-hydrogen) atoms. The minimum atomic E-state index is 0.790. The summed E-state index contributed by atoms with van der Waals surface area (Å²) in [5.41, 5.74) is 0.994. The lowest BCUT2D eigenvalue weighted by Crippen LogP contribution is -2.22. The van der Waals surface area contributed by atoms with E-state index in [1.165, 1.54) is 0 Å². The number of aryl methyl sites for hydroxylation is 2. The number of hydrogen-bond acceptors (Lipinski definition) is 4. The summed E-state index contributed by atoms with van der Waals surface area (Å²) in [5.74, 6) is 1.74. The molecule has 1 aromatic rings. The van der Waals surface area contributed by atoms with Crippen molar-refractivity contribution in [3.63, 3.8) is 0 Å². The Morgan fingerprint density at radius 3 is 2.67 bits per heavy atom. The second-order valence-electron chi connectivity index (χ2n) is 3.94. The molecule has 0 bridgehead atoms. The molecule has 0 radical (unpaired) electrons. The highest BCUT2D eigenvalue weighted by Gasteiger charge is 2.07. The Labute approximate surface area is 91.7 Å². The van der Waals surface area contributed by atoms with Crippen molar-refractivity contribution in [3.8, 4) is 0 Å². The first-order valence-corrected chi connectivity index (χ1v) is 5.39. The van der Waals surface area contributed by atoms with E-state index in [9.17, 15) is 0 Å². The van der Waals surface area contributed by atoms with Crippen LogP contribution in [0, 0.1) is 13.8 Å². The van der Waals surface area contributed by atoms with Gasteiger partial charge in [0.05, 0.1) is 12.2 Å². The number of rotatable bonds is 6. The minimum absolute atomic E-state index is 0.790. The summed E-state index contributed by atoms with van der Waals surface area (Å²) in [6, 6.07) is 0. The van der Waals surface area contributed by atoms with Crippen LogP contribution in [0.2, 0.25) is 0 Å². The zero-order chi connectivity index (χ0) is 11.3. The highest BCUT2D eigenvalue weighted by atomic mass is 16.4. The van der Waals surface area contributed by atoms with Gasteiger partial charge in [0.1, 0.15) is 5.76 Å². The first-order chi connectivity index (χ1) is 7.13. The largest absolute Gasteiger partial charge is 0.444 e. The first-order valence-electron chi connectivity index (χ1n) is 5.39. The molecule has 0 aliphatic heterocycles. The minimum Gasteiger partial charge on any atom is -0.444 e. The second-order valence-corrected chi connectivity index (χ2v) is 3.94. The number of hydrogen-bond donors (Lipinski definition) is 1. The average molecular weight is 211 g/mol. The predicted molar refractivity (Wildman–Crippen MR) is 60.9 cm³/mol. The lowest BCUT2D eigenvalue weighted by Gasteiger charge is -2.13. The normalized spacial score (nSPS) is 11.3. The summed E-state index contributed by atoms with van der Waals surface area (Å²) in [7, 11) is 4.06. The number of oxazole rings is 1. The van der Waals surface area contributed by atoms with Gasteiger partial charge in [-0.15, -0.1) is 0 Å². The van der Waals surface area contributed by atoms with Crippen molar-refractivity contribution in [2.24, 2.45) is 0 Å². The van der Waals surface area contributed by atoms with Crippen LogP contribution in [0.5, 0.6) is 0 Å². The van der Waals surface area contributed by atoms with Gasteiger partial charge in [-0.05, 0) is 47.5 Å². The van der Waals surface area contributed by atoms with Crippen LogP contribution in [0.25, 0.3) is 0 Å². The molecule has 0 amide bonds. The van der Waals surface area contributed by atoms with Crippen LogP contribution in [0.15, 0.2) is 4.42 Å². The Morgan fingerprint density at radius 1 is 1.40 bits per heavy atom. The molecule has 1 heterocycles. The van der Waals surface area contributed by atoms with E-state index >= 15 is 0 Å². The van der Waals surface area contributed by atoms with E-state index in [2.05, 4.69) is 22.2 Å². The lowest BCUT2D eigenvalue weighted by atomic mass is 10.4. The third-order valence-electron chi connectivity index (χ3n) is 2.44. The van der Waals surface area contributed by atoms with Crippen LogP contribution in [-0.4, -0.2) is 37.1 Å². The van der Waals surface area contributed by atoms with Gasteiger partial charge < -0.3 is 9.73 Å². The van der Waals surface area contributed by atoms with Crippen LogP contribution < -0.4 is 5.32 Å². The van der Waals surface area contributed by atoms with Gasteiger partial charge in [0, 0.05) is 0 Å². The molecule has 0 saturated carbocycles. The smallest absolute Gasteiger partial charge is 0.208 e. The monoisotopic (exact) mass is 211 g/mol. The molecule has 86 valence electrons. The van der Waals surface area contributed by atoms with Crippen LogP contribution in [0.4, 0.5) is 0 Å². The summed E-state index contributed by atoms with van der Waals surface area (Å²) in [6.07, 6.45) is 1.14. The highest BCUT2D eigenvalue weighted by molar-refractivity contribution is 5.05. The summed E-state index contributed by atoms with van der Waals surface area (Å²) < 4.78 is 5.52. The van der Waals surface area contributed by atoms with E-state index in [-0.39, 0.29) is 0 Å². The zero-order valence-electron chi connectivity index (χ0n) is 10.1. The molecule has 0 aliphatic rings. The maximum Gasteiger partial charge on any atom is 0.208 e. The van der Waals surface area contributed by atoms with Crippen molar-refractivity contribution in [2.45, 2.75) is 26.8 Å². The molecule has 0 atom stereocenters.